The first-order valence-corrected chi connectivity index (χ1v) is 6.37. The summed E-state index contributed by atoms with van der Waals surface area (Å²) in [5.41, 5.74) is 2.01. The number of rotatable bonds is 4. The van der Waals surface area contributed by atoms with Gasteiger partial charge in [-0.15, -0.1) is 0 Å². The summed E-state index contributed by atoms with van der Waals surface area (Å²) in [5, 5.41) is 3.43. The van der Waals surface area contributed by atoms with Crippen molar-refractivity contribution in [2.45, 2.75) is 31.8 Å². The summed E-state index contributed by atoms with van der Waals surface area (Å²) in [5.74, 6) is -0.208. The fraction of sp³-hybridized carbons (Fsp3) is 0.400. The number of carbonyl (C=O) groups is 1. The highest BCUT2D eigenvalue weighted by Crippen LogP contribution is 2.20. The van der Waals surface area contributed by atoms with Gasteiger partial charge in [-0.3, -0.25) is 0 Å². The molecule has 0 amide bonds. The second-order valence-electron chi connectivity index (χ2n) is 4.50. The van der Waals surface area contributed by atoms with Gasteiger partial charge in [-0.25, -0.2) is 4.79 Å². The quantitative estimate of drug-likeness (QED) is 0.828. The van der Waals surface area contributed by atoms with Crippen LogP contribution in [0.25, 0.3) is 0 Å². The van der Waals surface area contributed by atoms with Crippen LogP contribution in [-0.2, 0) is 16.1 Å². The lowest BCUT2D eigenvalue weighted by Gasteiger charge is -2.23. The SMILES string of the molecule is COC(=O)C1=CCCC[C@@H]1NCc1ccccc1. The minimum Gasteiger partial charge on any atom is -0.466 e. The van der Waals surface area contributed by atoms with Crippen molar-refractivity contribution in [1.82, 2.24) is 5.32 Å². The predicted molar refractivity (Wildman–Crippen MR) is 71.0 cm³/mol. The first kappa shape index (κ1) is 12.8. The van der Waals surface area contributed by atoms with Crippen LogP contribution in [-0.4, -0.2) is 19.1 Å². The maximum atomic E-state index is 11.7. The Hall–Kier alpha value is -1.61. The molecule has 0 saturated carbocycles. The van der Waals surface area contributed by atoms with Crippen molar-refractivity contribution in [1.29, 1.82) is 0 Å². The molecule has 1 aliphatic rings. The van der Waals surface area contributed by atoms with Crippen LogP contribution < -0.4 is 5.32 Å². The summed E-state index contributed by atoms with van der Waals surface area (Å²) < 4.78 is 4.82. The van der Waals surface area contributed by atoms with Crippen LogP contribution in [0.1, 0.15) is 24.8 Å². The van der Waals surface area contributed by atoms with Crippen molar-refractivity contribution >= 4 is 5.97 Å². The Morgan fingerprint density at radius 3 is 2.89 bits per heavy atom. The number of hydrogen-bond donors (Lipinski definition) is 1. The van der Waals surface area contributed by atoms with E-state index in [0.29, 0.717) is 0 Å². The van der Waals surface area contributed by atoms with Crippen LogP contribution in [0.4, 0.5) is 0 Å². The lowest BCUT2D eigenvalue weighted by molar-refractivity contribution is -0.136. The van der Waals surface area contributed by atoms with Gasteiger partial charge in [0.2, 0.25) is 0 Å². The fourth-order valence-corrected chi connectivity index (χ4v) is 2.27. The molecule has 0 aliphatic heterocycles. The summed E-state index contributed by atoms with van der Waals surface area (Å²) in [7, 11) is 1.44. The van der Waals surface area contributed by atoms with E-state index in [2.05, 4.69) is 17.4 Å². The Morgan fingerprint density at radius 2 is 2.17 bits per heavy atom. The van der Waals surface area contributed by atoms with Gasteiger partial charge in [0.1, 0.15) is 0 Å². The predicted octanol–water partition coefficient (Wildman–Crippen LogP) is 2.43. The zero-order chi connectivity index (χ0) is 12.8. The van der Waals surface area contributed by atoms with Gasteiger partial charge in [-0.2, -0.15) is 0 Å². The number of allylic oxidation sites excluding steroid dienone is 1. The molecule has 1 aliphatic carbocycles. The van der Waals surface area contributed by atoms with Crippen LogP contribution in [0.5, 0.6) is 0 Å². The standard InChI is InChI=1S/C15H19NO2/c1-18-15(17)13-9-5-6-10-14(13)16-11-12-7-3-2-4-8-12/h2-4,7-9,14,16H,5-6,10-11H2,1H3/t14-/m0/s1. The molecule has 1 N–H and O–H groups in total. The summed E-state index contributed by atoms with van der Waals surface area (Å²) in [6.07, 6.45) is 5.08. The molecule has 18 heavy (non-hydrogen) atoms. The molecule has 96 valence electrons. The molecular formula is C15H19NO2. The molecule has 0 aromatic heterocycles. The lowest BCUT2D eigenvalue weighted by atomic mass is 9.94. The third-order valence-corrected chi connectivity index (χ3v) is 3.25. The van der Waals surface area contributed by atoms with Gasteiger partial charge in [0.05, 0.1) is 12.7 Å². The number of benzene rings is 1. The molecular weight excluding hydrogens is 226 g/mol. The summed E-state index contributed by atoms with van der Waals surface area (Å²) in [6.45, 7) is 0.778. The number of esters is 1. The molecule has 0 unspecified atom stereocenters. The average Bonchev–Trinajstić information content (AvgIpc) is 2.45. The largest absolute Gasteiger partial charge is 0.466 e. The van der Waals surface area contributed by atoms with Gasteiger partial charge in [-0.1, -0.05) is 36.4 Å². The van der Waals surface area contributed by atoms with Crippen LogP contribution in [0.3, 0.4) is 0 Å². The van der Waals surface area contributed by atoms with E-state index >= 15 is 0 Å². The van der Waals surface area contributed by atoms with Gasteiger partial charge in [0.25, 0.3) is 0 Å². The molecule has 0 fully saturated rings. The van der Waals surface area contributed by atoms with E-state index in [1.807, 2.05) is 24.3 Å². The summed E-state index contributed by atoms with van der Waals surface area (Å²) >= 11 is 0. The smallest absolute Gasteiger partial charge is 0.335 e. The highest BCUT2D eigenvalue weighted by atomic mass is 16.5. The Bertz CT molecular complexity index is 425. The zero-order valence-corrected chi connectivity index (χ0v) is 10.7. The normalized spacial score (nSPS) is 19.2. The monoisotopic (exact) mass is 245 g/mol. The van der Waals surface area contributed by atoms with Crippen molar-refractivity contribution in [3.05, 3.63) is 47.5 Å². The number of methoxy groups -OCH3 is 1. The molecule has 0 spiro atoms. The first-order valence-electron chi connectivity index (χ1n) is 6.37. The van der Waals surface area contributed by atoms with Crippen LogP contribution in [0, 0.1) is 0 Å². The van der Waals surface area contributed by atoms with Crippen molar-refractivity contribution in [2.75, 3.05) is 7.11 Å². The van der Waals surface area contributed by atoms with E-state index < -0.39 is 0 Å². The van der Waals surface area contributed by atoms with E-state index in [0.717, 1.165) is 31.4 Å². The second-order valence-corrected chi connectivity index (χ2v) is 4.50. The molecule has 2 rings (SSSR count). The van der Waals surface area contributed by atoms with Gasteiger partial charge < -0.3 is 10.1 Å². The molecule has 0 heterocycles. The van der Waals surface area contributed by atoms with Gasteiger partial charge in [-0.05, 0) is 24.8 Å². The van der Waals surface area contributed by atoms with Crippen molar-refractivity contribution in [3.63, 3.8) is 0 Å². The van der Waals surface area contributed by atoms with Gasteiger partial charge in [0, 0.05) is 12.6 Å². The van der Waals surface area contributed by atoms with Gasteiger partial charge >= 0.3 is 5.97 Å². The Morgan fingerprint density at radius 1 is 1.39 bits per heavy atom. The molecule has 1 aromatic rings. The maximum Gasteiger partial charge on any atom is 0.335 e. The maximum absolute atomic E-state index is 11.7. The van der Waals surface area contributed by atoms with E-state index in [1.54, 1.807) is 0 Å². The van der Waals surface area contributed by atoms with Crippen molar-refractivity contribution in [2.24, 2.45) is 0 Å². The molecule has 0 bridgehead atoms. The molecule has 0 radical (unpaired) electrons. The van der Waals surface area contributed by atoms with E-state index in [-0.39, 0.29) is 12.0 Å². The number of hydrogen-bond acceptors (Lipinski definition) is 3. The molecule has 1 aromatic carbocycles. The van der Waals surface area contributed by atoms with Crippen LogP contribution in [0.15, 0.2) is 42.0 Å². The zero-order valence-electron chi connectivity index (χ0n) is 10.7. The summed E-state index contributed by atoms with van der Waals surface area (Å²) in [6, 6.07) is 10.3. The van der Waals surface area contributed by atoms with Gasteiger partial charge in [0.15, 0.2) is 0 Å². The minimum absolute atomic E-state index is 0.117. The molecule has 0 saturated heterocycles. The van der Waals surface area contributed by atoms with Crippen LogP contribution >= 0.6 is 0 Å². The van der Waals surface area contributed by atoms with Crippen molar-refractivity contribution in [3.8, 4) is 0 Å². The Balaban J connectivity index is 1.97. The highest BCUT2D eigenvalue weighted by Gasteiger charge is 2.23. The minimum atomic E-state index is -0.208. The fourth-order valence-electron chi connectivity index (χ4n) is 2.27. The lowest BCUT2D eigenvalue weighted by Crippen LogP contribution is -2.35. The number of ether oxygens (including phenoxy) is 1. The Kier molecular flexibility index (Phi) is 4.53. The second kappa shape index (κ2) is 6.36. The third kappa shape index (κ3) is 3.20. The molecule has 1 atom stereocenters. The number of carbonyl (C=O) groups excluding carboxylic acids is 1. The molecule has 3 nitrogen and oxygen atoms in total. The highest BCUT2D eigenvalue weighted by molar-refractivity contribution is 5.89. The van der Waals surface area contributed by atoms with Crippen molar-refractivity contribution < 1.29 is 9.53 Å². The number of nitrogens with one attached hydrogen (secondary N) is 1. The Labute approximate surface area is 108 Å². The topological polar surface area (TPSA) is 38.3 Å². The first-order chi connectivity index (χ1) is 8.81. The van der Waals surface area contributed by atoms with E-state index in [1.165, 1.54) is 12.7 Å². The molecule has 3 heteroatoms. The van der Waals surface area contributed by atoms with Crippen LogP contribution in [0.2, 0.25) is 0 Å². The van der Waals surface area contributed by atoms with E-state index in [9.17, 15) is 4.79 Å². The average molecular weight is 245 g/mol. The van der Waals surface area contributed by atoms with E-state index in [4.69, 9.17) is 4.74 Å². The third-order valence-electron chi connectivity index (χ3n) is 3.25. The summed E-state index contributed by atoms with van der Waals surface area (Å²) in [4.78, 5) is 11.7.